The molecule has 0 aliphatic rings. The zero-order chi connectivity index (χ0) is 14.0. The molecule has 0 aliphatic carbocycles. The summed E-state index contributed by atoms with van der Waals surface area (Å²) in [6, 6.07) is 8.84. The number of amides is 1. The molecule has 0 spiro atoms. The van der Waals surface area contributed by atoms with Crippen molar-refractivity contribution in [3.63, 3.8) is 0 Å². The summed E-state index contributed by atoms with van der Waals surface area (Å²) < 4.78 is 5.34. The van der Waals surface area contributed by atoms with Crippen LogP contribution < -0.4 is 5.48 Å². The Morgan fingerprint density at radius 2 is 1.89 bits per heavy atom. The molecule has 0 radical (unpaired) electrons. The van der Waals surface area contributed by atoms with Gasteiger partial charge in [0.25, 0.3) is 0 Å². The quantitative estimate of drug-likeness (QED) is 0.801. The molecule has 1 N–H and O–H groups in total. The Hall–Kier alpha value is -2.30. The second-order valence-corrected chi connectivity index (χ2v) is 5.22. The lowest BCUT2D eigenvalue weighted by Crippen LogP contribution is -2.33. The van der Waals surface area contributed by atoms with Gasteiger partial charge in [0.05, 0.1) is 5.41 Å². The van der Waals surface area contributed by atoms with Crippen LogP contribution in [0, 0.1) is 5.41 Å². The molecule has 0 fully saturated rings. The van der Waals surface area contributed by atoms with E-state index in [0.29, 0.717) is 5.58 Å². The van der Waals surface area contributed by atoms with Gasteiger partial charge in [-0.2, -0.15) is 5.48 Å². The van der Waals surface area contributed by atoms with Gasteiger partial charge in [-0.1, -0.05) is 18.2 Å². The molecule has 2 aromatic rings. The van der Waals surface area contributed by atoms with Crippen LogP contribution in [0.2, 0.25) is 0 Å². The van der Waals surface area contributed by atoms with E-state index in [2.05, 4.69) is 5.48 Å². The number of fused-ring (bicyclic) bond motifs is 1. The second kappa shape index (κ2) is 4.76. The number of hydrogen-bond acceptors (Lipinski definition) is 4. The predicted molar refractivity (Wildman–Crippen MR) is 69.2 cm³/mol. The molecule has 19 heavy (non-hydrogen) atoms. The molecule has 5 heteroatoms. The molecule has 0 saturated heterocycles. The van der Waals surface area contributed by atoms with Gasteiger partial charge in [-0.3, -0.25) is 4.79 Å². The zero-order valence-electron chi connectivity index (χ0n) is 11.0. The van der Waals surface area contributed by atoms with Crippen molar-refractivity contribution in [3.8, 4) is 0 Å². The third-order valence-corrected chi connectivity index (χ3v) is 2.50. The van der Waals surface area contributed by atoms with Gasteiger partial charge in [-0.25, -0.2) is 4.79 Å². The molecular weight excluding hydrogens is 246 g/mol. The maximum atomic E-state index is 11.8. The largest absolute Gasteiger partial charge is 0.451 e. The van der Waals surface area contributed by atoms with Crippen LogP contribution in [0.1, 0.15) is 31.3 Å². The minimum absolute atomic E-state index is 0.0999. The normalized spacial score (nSPS) is 11.3. The first-order valence-corrected chi connectivity index (χ1v) is 5.88. The molecule has 1 aromatic carbocycles. The fraction of sp³-hybridized carbons (Fsp3) is 0.286. The number of furan rings is 1. The Morgan fingerprint density at radius 3 is 2.53 bits per heavy atom. The van der Waals surface area contributed by atoms with Crippen LogP contribution in [-0.4, -0.2) is 11.9 Å². The highest BCUT2D eigenvalue weighted by Crippen LogP contribution is 2.19. The van der Waals surface area contributed by atoms with Crippen LogP contribution in [0.5, 0.6) is 0 Å². The number of carbonyl (C=O) groups excluding carboxylic acids is 2. The molecule has 0 atom stereocenters. The number of rotatable bonds is 1. The van der Waals surface area contributed by atoms with Crippen molar-refractivity contribution in [1.29, 1.82) is 0 Å². The number of benzene rings is 1. The summed E-state index contributed by atoms with van der Waals surface area (Å²) >= 11 is 0. The summed E-state index contributed by atoms with van der Waals surface area (Å²) in [4.78, 5) is 28.0. The van der Waals surface area contributed by atoms with Crippen molar-refractivity contribution < 1.29 is 18.8 Å². The molecule has 2 rings (SSSR count). The summed E-state index contributed by atoms with van der Waals surface area (Å²) in [6.45, 7) is 5.09. The van der Waals surface area contributed by atoms with Gasteiger partial charge >= 0.3 is 11.9 Å². The standard InChI is InChI=1S/C14H15NO4/c1-14(2,3)13(17)19-15-12(16)11-8-9-6-4-5-7-10(9)18-11/h4-8H,1-3H3,(H,15,16). The van der Waals surface area contributed by atoms with Crippen LogP contribution >= 0.6 is 0 Å². The lowest BCUT2D eigenvalue weighted by atomic mass is 9.98. The SMILES string of the molecule is CC(C)(C)C(=O)ONC(=O)c1cc2ccccc2o1. The number of hydroxylamine groups is 1. The number of para-hydroxylation sites is 1. The topological polar surface area (TPSA) is 68.5 Å². The fourth-order valence-corrected chi connectivity index (χ4v) is 1.39. The van der Waals surface area contributed by atoms with Gasteiger partial charge in [0.15, 0.2) is 5.76 Å². The summed E-state index contributed by atoms with van der Waals surface area (Å²) in [5, 5.41) is 0.815. The second-order valence-electron chi connectivity index (χ2n) is 5.22. The van der Waals surface area contributed by atoms with Crippen LogP contribution in [0.4, 0.5) is 0 Å². The maximum absolute atomic E-state index is 11.8. The average molecular weight is 261 g/mol. The van der Waals surface area contributed by atoms with E-state index in [-0.39, 0.29) is 5.76 Å². The Bertz CT molecular complexity index is 589. The van der Waals surface area contributed by atoms with Crippen LogP contribution in [0.25, 0.3) is 11.0 Å². The molecule has 1 amide bonds. The first-order chi connectivity index (χ1) is 8.88. The third kappa shape index (κ3) is 2.93. The third-order valence-electron chi connectivity index (χ3n) is 2.50. The van der Waals surface area contributed by atoms with Gasteiger partial charge in [0.2, 0.25) is 0 Å². The Morgan fingerprint density at radius 1 is 1.21 bits per heavy atom. The van der Waals surface area contributed by atoms with Crippen LogP contribution in [-0.2, 0) is 9.63 Å². The van der Waals surface area contributed by atoms with Gasteiger partial charge in [0, 0.05) is 5.39 Å². The minimum Gasteiger partial charge on any atom is -0.451 e. The monoisotopic (exact) mass is 261 g/mol. The van der Waals surface area contributed by atoms with Gasteiger partial charge in [-0.15, -0.1) is 0 Å². The Balaban J connectivity index is 2.06. The smallest absolute Gasteiger partial charge is 0.337 e. The summed E-state index contributed by atoms with van der Waals surface area (Å²) in [6.07, 6.45) is 0. The van der Waals surface area contributed by atoms with Gasteiger partial charge in [0.1, 0.15) is 5.58 Å². The summed E-state index contributed by atoms with van der Waals surface area (Å²) in [7, 11) is 0. The molecule has 100 valence electrons. The number of carbonyl (C=O) groups is 2. The van der Waals surface area contributed by atoms with Gasteiger partial charge < -0.3 is 9.25 Å². The minimum atomic E-state index is -0.679. The highest BCUT2D eigenvalue weighted by Gasteiger charge is 2.25. The van der Waals surface area contributed by atoms with Crippen LogP contribution in [0.3, 0.4) is 0 Å². The number of hydrogen-bond donors (Lipinski definition) is 1. The van der Waals surface area contributed by atoms with Crippen LogP contribution in [0.15, 0.2) is 34.7 Å². The summed E-state index contributed by atoms with van der Waals surface area (Å²) in [5.41, 5.74) is 2.01. The molecule has 0 aliphatic heterocycles. The summed E-state index contributed by atoms with van der Waals surface area (Å²) in [5.74, 6) is -1.01. The predicted octanol–water partition coefficient (Wildman–Crippen LogP) is 2.67. The van der Waals surface area contributed by atoms with E-state index in [9.17, 15) is 9.59 Å². The van der Waals surface area contributed by atoms with Crippen molar-refractivity contribution in [1.82, 2.24) is 5.48 Å². The van der Waals surface area contributed by atoms with E-state index < -0.39 is 17.3 Å². The van der Waals surface area contributed by atoms with Gasteiger partial charge in [-0.05, 0) is 32.9 Å². The maximum Gasteiger partial charge on any atom is 0.337 e. The lowest BCUT2D eigenvalue weighted by molar-refractivity contribution is -0.158. The van der Waals surface area contributed by atoms with E-state index in [1.165, 1.54) is 0 Å². The highest BCUT2D eigenvalue weighted by molar-refractivity contribution is 5.96. The highest BCUT2D eigenvalue weighted by atomic mass is 16.7. The van der Waals surface area contributed by atoms with Crippen molar-refractivity contribution in [2.75, 3.05) is 0 Å². The molecule has 0 bridgehead atoms. The van der Waals surface area contributed by atoms with Crippen molar-refractivity contribution in [2.45, 2.75) is 20.8 Å². The Kier molecular flexibility index (Phi) is 3.29. The van der Waals surface area contributed by atoms with E-state index in [1.807, 2.05) is 18.2 Å². The fourth-order valence-electron chi connectivity index (χ4n) is 1.39. The average Bonchev–Trinajstić information content (AvgIpc) is 2.78. The van der Waals surface area contributed by atoms with Crippen molar-refractivity contribution in [2.24, 2.45) is 5.41 Å². The molecule has 0 unspecified atom stereocenters. The zero-order valence-corrected chi connectivity index (χ0v) is 11.0. The van der Waals surface area contributed by atoms with E-state index in [1.54, 1.807) is 32.9 Å². The Labute approximate surface area is 110 Å². The van der Waals surface area contributed by atoms with Crippen molar-refractivity contribution >= 4 is 22.8 Å². The molecule has 5 nitrogen and oxygen atoms in total. The number of nitrogens with one attached hydrogen (secondary N) is 1. The first kappa shape index (κ1) is 13.1. The molecular formula is C14H15NO4. The molecule has 1 heterocycles. The van der Waals surface area contributed by atoms with E-state index >= 15 is 0 Å². The van der Waals surface area contributed by atoms with E-state index in [4.69, 9.17) is 9.25 Å². The van der Waals surface area contributed by atoms with Crippen molar-refractivity contribution in [3.05, 3.63) is 36.1 Å². The lowest BCUT2D eigenvalue weighted by Gasteiger charge is -2.15. The molecule has 0 saturated carbocycles. The first-order valence-electron chi connectivity index (χ1n) is 5.88. The van der Waals surface area contributed by atoms with E-state index in [0.717, 1.165) is 5.39 Å². The molecule has 1 aromatic heterocycles.